The number of carbonyl (C=O) groups is 1. The number of amides is 2. The van der Waals surface area contributed by atoms with Crippen LogP contribution in [-0.4, -0.2) is 49.2 Å². The minimum absolute atomic E-state index is 0.0595. The number of nitrogens with zero attached hydrogens (tertiary/aromatic N) is 3. The second-order valence-corrected chi connectivity index (χ2v) is 6.92. The van der Waals surface area contributed by atoms with Gasteiger partial charge in [0, 0.05) is 38.9 Å². The highest BCUT2D eigenvalue weighted by Crippen LogP contribution is 2.33. The average Bonchev–Trinajstić information content (AvgIpc) is 2.71. The number of hydrogen-bond donors (Lipinski definition) is 1. The third kappa shape index (κ3) is 5.23. The van der Waals surface area contributed by atoms with Crippen LogP contribution >= 0.6 is 11.6 Å². The normalized spacial score (nSPS) is 14.7. The summed E-state index contributed by atoms with van der Waals surface area (Å²) in [5.74, 6) is 1.00. The molecule has 2 amide bonds. The quantitative estimate of drug-likeness (QED) is 0.805. The third-order valence-electron chi connectivity index (χ3n) is 4.59. The number of nitrogens with one attached hydrogen (secondary N) is 1. The van der Waals surface area contributed by atoms with Gasteiger partial charge in [-0.15, -0.1) is 0 Å². The van der Waals surface area contributed by atoms with E-state index in [4.69, 9.17) is 16.3 Å². The molecular formula is C19H20ClF3N4O2. The van der Waals surface area contributed by atoms with E-state index in [0.717, 1.165) is 17.8 Å². The Morgan fingerprint density at radius 1 is 1.24 bits per heavy atom. The van der Waals surface area contributed by atoms with Crippen molar-refractivity contribution in [3.63, 3.8) is 0 Å². The van der Waals surface area contributed by atoms with Gasteiger partial charge in [-0.2, -0.15) is 13.2 Å². The highest BCUT2D eigenvalue weighted by molar-refractivity contribution is 6.33. The van der Waals surface area contributed by atoms with Crippen LogP contribution in [0.3, 0.4) is 0 Å². The summed E-state index contributed by atoms with van der Waals surface area (Å²) in [5.41, 5.74) is 0.0267. The number of rotatable bonds is 4. The van der Waals surface area contributed by atoms with Gasteiger partial charge >= 0.3 is 12.2 Å². The van der Waals surface area contributed by atoms with Gasteiger partial charge in [0.05, 0.1) is 17.7 Å². The molecule has 10 heteroatoms. The number of pyridine rings is 1. The molecule has 2 heterocycles. The zero-order valence-corrected chi connectivity index (χ0v) is 16.4. The lowest BCUT2D eigenvalue weighted by atomic mass is 10.2. The Bertz CT molecular complexity index is 871. The lowest BCUT2D eigenvalue weighted by molar-refractivity contribution is -0.137. The SMILES string of the molecule is COc1cccc(CNC(=O)N2CCN(c3ncc(C(F)(F)F)cc3Cl)CC2)c1. The van der Waals surface area contributed by atoms with Gasteiger partial charge in [0.1, 0.15) is 11.6 Å². The Morgan fingerprint density at radius 3 is 2.59 bits per heavy atom. The third-order valence-corrected chi connectivity index (χ3v) is 4.87. The van der Waals surface area contributed by atoms with Gasteiger partial charge in [0.25, 0.3) is 0 Å². The van der Waals surface area contributed by atoms with E-state index >= 15 is 0 Å². The van der Waals surface area contributed by atoms with Crippen molar-refractivity contribution >= 4 is 23.4 Å². The fraction of sp³-hybridized carbons (Fsp3) is 0.368. The van der Waals surface area contributed by atoms with Crippen molar-refractivity contribution in [1.82, 2.24) is 15.2 Å². The van der Waals surface area contributed by atoms with Gasteiger partial charge in [0.15, 0.2) is 0 Å². The molecule has 1 aromatic carbocycles. The molecule has 0 bridgehead atoms. The molecule has 1 aromatic heterocycles. The Hall–Kier alpha value is -2.68. The average molecular weight is 429 g/mol. The molecule has 6 nitrogen and oxygen atoms in total. The number of carbonyl (C=O) groups excluding carboxylic acids is 1. The van der Waals surface area contributed by atoms with Gasteiger partial charge in [-0.1, -0.05) is 23.7 Å². The standard InChI is InChI=1S/C19H20ClF3N4O2/c1-29-15-4-2-3-13(9-15)11-25-18(28)27-7-5-26(6-8-27)17-16(20)10-14(12-24-17)19(21,22)23/h2-4,9-10,12H,5-8,11H2,1H3,(H,25,28). The monoisotopic (exact) mass is 428 g/mol. The molecule has 1 aliphatic rings. The number of benzene rings is 1. The predicted molar refractivity (Wildman–Crippen MR) is 103 cm³/mol. The van der Waals surface area contributed by atoms with Crippen LogP contribution in [0, 0.1) is 0 Å². The number of alkyl halides is 3. The maximum absolute atomic E-state index is 12.7. The lowest BCUT2D eigenvalue weighted by Crippen LogP contribution is -2.52. The zero-order chi connectivity index (χ0) is 21.0. The molecule has 0 atom stereocenters. The van der Waals surface area contributed by atoms with Crippen molar-refractivity contribution in [3.05, 3.63) is 52.7 Å². The molecular weight excluding hydrogens is 409 g/mol. The van der Waals surface area contributed by atoms with E-state index in [9.17, 15) is 18.0 Å². The first-order valence-corrected chi connectivity index (χ1v) is 9.29. The number of ether oxygens (including phenoxy) is 1. The first kappa shape index (κ1) is 21.0. The van der Waals surface area contributed by atoms with Crippen molar-refractivity contribution in [2.45, 2.75) is 12.7 Å². The predicted octanol–water partition coefficient (Wildman–Crippen LogP) is 3.79. The second-order valence-electron chi connectivity index (χ2n) is 6.51. The fourth-order valence-electron chi connectivity index (χ4n) is 3.01. The number of methoxy groups -OCH3 is 1. The molecule has 29 heavy (non-hydrogen) atoms. The molecule has 0 saturated carbocycles. The molecule has 3 rings (SSSR count). The van der Waals surface area contributed by atoms with E-state index < -0.39 is 11.7 Å². The van der Waals surface area contributed by atoms with Crippen molar-refractivity contribution in [1.29, 1.82) is 0 Å². The summed E-state index contributed by atoms with van der Waals surface area (Å²) < 4.78 is 43.4. The van der Waals surface area contributed by atoms with Crippen LogP contribution in [0.5, 0.6) is 5.75 Å². The van der Waals surface area contributed by atoms with E-state index in [1.807, 2.05) is 24.3 Å². The number of hydrogen-bond acceptors (Lipinski definition) is 4. The zero-order valence-electron chi connectivity index (χ0n) is 15.7. The molecule has 1 fully saturated rings. The molecule has 0 radical (unpaired) electrons. The molecule has 1 aliphatic heterocycles. The molecule has 0 unspecified atom stereocenters. The number of aromatic nitrogens is 1. The van der Waals surface area contributed by atoms with E-state index in [1.165, 1.54) is 0 Å². The minimum Gasteiger partial charge on any atom is -0.497 e. The van der Waals surface area contributed by atoms with Gasteiger partial charge in [-0.05, 0) is 23.8 Å². The van der Waals surface area contributed by atoms with Gasteiger partial charge in [-0.25, -0.2) is 9.78 Å². The van der Waals surface area contributed by atoms with E-state index in [-0.39, 0.29) is 16.9 Å². The summed E-state index contributed by atoms with van der Waals surface area (Å²) in [7, 11) is 1.58. The van der Waals surface area contributed by atoms with Crippen molar-refractivity contribution in [3.8, 4) is 5.75 Å². The number of anilines is 1. The van der Waals surface area contributed by atoms with Gasteiger partial charge in [0.2, 0.25) is 0 Å². The van der Waals surface area contributed by atoms with Gasteiger partial charge < -0.3 is 19.9 Å². The van der Waals surface area contributed by atoms with Crippen LogP contribution in [0.25, 0.3) is 0 Å². The lowest BCUT2D eigenvalue weighted by Gasteiger charge is -2.35. The summed E-state index contributed by atoms with van der Waals surface area (Å²) in [6.45, 7) is 2.02. The molecule has 1 N–H and O–H groups in total. The van der Waals surface area contributed by atoms with Crippen molar-refractivity contribution < 1.29 is 22.7 Å². The van der Waals surface area contributed by atoms with Crippen LogP contribution in [0.15, 0.2) is 36.5 Å². The molecule has 0 spiro atoms. The molecule has 1 saturated heterocycles. The molecule has 156 valence electrons. The molecule has 2 aromatic rings. The summed E-state index contributed by atoms with van der Waals surface area (Å²) in [6.07, 6.45) is -3.72. The van der Waals surface area contributed by atoms with Gasteiger partial charge in [-0.3, -0.25) is 0 Å². The largest absolute Gasteiger partial charge is 0.497 e. The van der Waals surface area contributed by atoms with E-state index in [0.29, 0.717) is 38.5 Å². The summed E-state index contributed by atoms with van der Waals surface area (Å²) in [4.78, 5) is 19.7. The smallest absolute Gasteiger partial charge is 0.417 e. The Labute approximate surface area is 171 Å². The minimum atomic E-state index is -4.49. The van der Waals surface area contributed by atoms with E-state index in [1.54, 1.807) is 16.9 Å². The Kier molecular flexibility index (Phi) is 6.36. The summed E-state index contributed by atoms with van der Waals surface area (Å²) in [6, 6.07) is 8.07. The first-order valence-electron chi connectivity index (χ1n) is 8.91. The fourth-order valence-corrected chi connectivity index (χ4v) is 3.30. The van der Waals surface area contributed by atoms with Crippen LogP contribution < -0.4 is 15.0 Å². The summed E-state index contributed by atoms with van der Waals surface area (Å²) >= 11 is 6.00. The first-order chi connectivity index (χ1) is 13.8. The van der Waals surface area contributed by atoms with E-state index in [2.05, 4.69) is 10.3 Å². The summed E-state index contributed by atoms with van der Waals surface area (Å²) in [5, 5.41) is 2.80. The van der Waals surface area contributed by atoms with Crippen LogP contribution in [0.2, 0.25) is 5.02 Å². The molecule has 0 aliphatic carbocycles. The highest BCUT2D eigenvalue weighted by Gasteiger charge is 2.32. The Morgan fingerprint density at radius 2 is 1.97 bits per heavy atom. The Balaban J connectivity index is 1.54. The van der Waals surface area contributed by atoms with Crippen LogP contribution in [-0.2, 0) is 12.7 Å². The van der Waals surface area contributed by atoms with Crippen molar-refractivity contribution in [2.24, 2.45) is 0 Å². The topological polar surface area (TPSA) is 57.7 Å². The number of piperazine rings is 1. The maximum atomic E-state index is 12.7. The number of halogens is 4. The van der Waals surface area contributed by atoms with Crippen LogP contribution in [0.4, 0.5) is 23.8 Å². The highest BCUT2D eigenvalue weighted by atomic mass is 35.5. The second kappa shape index (κ2) is 8.77. The maximum Gasteiger partial charge on any atom is 0.417 e. The van der Waals surface area contributed by atoms with Crippen LogP contribution in [0.1, 0.15) is 11.1 Å². The van der Waals surface area contributed by atoms with Crippen molar-refractivity contribution in [2.75, 3.05) is 38.2 Å². The number of urea groups is 1.